The van der Waals surface area contributed by atoms with E-state index in [1.807, 2.05) is 24.0 Å². The molecule has 1 heterocycles. The first-order valence-corrected chi connectivity index (χ1v) is 7.30. The Morgan fingerprint density at radius 3 is 3.10 bits per heavy atom. The second-order valence-electron chi connectivity index (χ2n) is 5.32. The zero-order chi connectivity index (χ0) is 15.0. The van der Waals surface area contributed by atoms with Gasteiger partial charge in [-0.2, -0.15) is 5.10 Å². The summed E-state index contributed by atoms with van der Waals surface area (Å²) in [6, 6.07) is 5.45. The molecule has 110 valence electrons. The first kappa shape index (κ1) is 13.9. The van der Waals surface area contributed by atoms with Gasteiger partial charge in [-0.25, -0.2) is 0 Å². The van der Waals surface area contributed by atoms with Crippen LogP contribution in [0.5, 0.6) is 0 Å². The van der Waals surface area contributed by atoms with E-state index in [2.05, 4.69) is 10.4 Å². The maximum Gasteiger partial charge on any atom is 0.250 e. The molecule has 0 saturated carbocycles. The Kier molecular flexibility index (Phi) is 3.59. The minimum Gasteiger partial charge on any atom is -0.378 e. The first-order chi connectivity index (χ1) is 10.1. The number of rotatable bonds is 3. The molecule has 0 spiro atoms. The number of aryl methyl sites for hydroxylation is 1. The molecule has 2 aromatic rings. The zero-order valence-corrected chi connectivity index (χ0v) is 12.5. The highest BCUT2D eigenvalue weighted by atomic mass is 35.5. The molecule has 3 rings (SSSR count). The maximum absolute atomic E-state index is 11.4. The Labute approximate surface area is 128 Å². The second kappa shape index (κ2) is 5.41. The minimum atomic E-state index is -0.519. The molecule has 0 bridgehead atoms. The number of anilines is 1. The molecule has 1 unspecified atom stereocenters. The van der Waals surface area contributed by atoms with Gasteiger partial charge < -0.3 is 11.1 Å². The van der Waals surface area contributed by atoms with Crippen LogP contribution in [0.3, 0.4) is 0 Å². The third kappa shape index (κ3) is 2.61. The van der Waals surface area contributed by atoms with Gasteiger partial charge in [0.15, 0.2) is 0 Å². The fourth-order valence-electron chi connectivity index (χ4n) is 2.86. The van der Waals surface area contributed by atoms with Crippen LogP contribution in [0.15, 0.2) is 24.4 Å². The molecule has 1 aliphatic carbocycles. The Bertz CT molecular complexity index is 695. The van der Waals surface area contributed by atoms with E-state index in [1.165, 1.54) is 11.3 Å². The van der Waals surface area contributed by atoms with E-state index in [9.17, 15) is 4.79 Å². The number of nitrogens with one attached hydrogen (secondary N) is 1. The lowest BCUT2D eigenvalue weighted by atomic mass is 9.92. The van der Waals surface area contributed by atoms with Crippen molar-refractivity contribution in [2.24, 2.45) is 12.8 Å². The summed E-state index contributed by atoms with van der Waals surface area (Å²) in [6.45, 7) is 0. The number of nitrogens with two attached hydrogens (primary N) is 1. The van der Waals surface area contributed by atoms with Gasteiger partial charge in [0.2, 0.25) is 5.91 Å². The summed E-state index contributed by atoms with van der Waals surface area (Å²) >= 11 is 5.98. The van der Waals surface area contributed by atoms with E-state index >= 15 is 0 Å². The van der Waals surface area contributed by atoms with Crippen LogP contribution in [0.2, 0.25) is 5.02 Å². The van der Waals surface area contributed by atoms with Crippen LogP contribution in [0.25, 0.3) is 0 Å². The van der Waals surface area contributed by atoms with Crippen LogP contribution < -0.4 is 11.1 Å². The average molecular weight is 305 g/mol. The molecule has 21 heavy (non-hydrogen) atoms. The summed E-state index contributed by atoms with van der Waals surface area (Å²) in [6.07, 6.45) is 5.11. The number of benzene rings is 1. The SMILES string of the molecule is Cn1ncc2c1CCCC2Nc1ccc(Cl)c(C(N)=O)c1. The fourth-order valence-corrected chi connectivity index (χ4v) is 3.07. The predicted molar refractivity (Wildman–Crippen MR) is 82.5 cm³/mol. The summed E-state index contributed by atoms with van der Waals surface area (Å²) in [5, 5.41) is 8.16. The molecule has 0 fully saturated rings. The van der Waals surface area contributed by atoms with Gasteiger partial charge in [-0.3, -0.25) is 9.48 Å². The van der Waals surface area contributed by atoms with Crippen molar-refractivity contribution in [2.45, 2.75) is 25.3 Å². The number of nitrogens with zero attached hydrogens (tertiary/aromatic N) is 2. The maximum atomic E-state index is 11.4. The number of fused-ring (bicyclic) bond motifs is 1. The van der Waals surface area contributed by atoms with E-state index in [0.717, 1.165) is 24.9 Å². The van der Waals surface area contributed by atoms with Crippen molar-refractivity contribution in [1.82, 2.24) is 9.78 Å². The molecule has 1 aromatic carbocycles. The Hall–Kier alpha value is -2.01. The average Bonchev–Trinajstić information content (AvgIpc) is 2.84. The first-order valence-electron chi connectivity index (χ1n) is 6.93. The molecule has 1 aromatic heterocycles. The molecule has 1 atom stereocenters. The topological polar surface area (TPSA) is 72.9 Å². The largest absolute Gasteiger partial charge is 0.378 e. The smallest absolute Gasteiger partial charge is 0.250 e. The number of halogens is 1. The van der Waals surface area contributed by atoms with Crippen molar-refractivity contribution < 1.29 is 4.79 Å². The predicted octanol–water partition coefficient (Wildman–Crippen LogP) is 2.66. The summed E-state index contributed by atoms with van der Waals surface area (Å²) < 4.78 is 1.93. The van der Waals surface area contributed by atoms with E-state index in [4.69, 9.17) is 17.3 Å². The molecule has 0 saturated heterocycles. The third-order valence-electron chi connectivity index (χ3n) is 3.95. The molecular formula is C15H17ClN4O. The minimum absolute atomic E-state index is 0.198. The summed E-state index contributed by atoms with van der Waals surface area (Å²) in [4.78, 5) is 11.4. The molecule has 6 heteroatoms. The van der Waals surface area contributed by atoms with Gasteiger partial charge in [0.05, 0.1) is 22.8 Å². The van der Waals surface area contributed by atoms with E-state index in [-0.39, 0.29) is 6.04 Å². The number of amides is 1. The number of aromatic nitrogens is 2. The Morgan fingerprint density at radius 2 is 2.33 bits per heavy atom. The van der Waals surface area contributed by atoms with Crippen LogP contribution in [0.4, 0.5) is 5.69 Å². The van der Waals surface area contributed by atoms with E-state index in [0.29, 0.717) is 10.6 Å². The molecular weight excluding hydrogens is 288 g/mol. The lowest BCUT2D eigenvalue weighted by Gasteiger charge is -2.25. The van der Waals surface area contributed by atoms with Gasteiger partial charge in [0.1, 0.15) is 0 Å². The van der Waals surface area contributed by atoms with E-state index in [1.54, 1.807) is 12.1 Å². The number of hydrogen-bond acceptors (Lipinski definition) is 3. The number of carbonyl (C=O) groups excluding carboxylic acids is 1. The monoisotopic (exact) mass is 304 g/mol. The Morgan fingerprint density at radius 1 is 1.52 bits per heavy atom. The van der Waals surface area contributed by atoms with Crippen molar-refractivity contribution in [3.8, 4) is 0 Å². The van der Waals surface area contributed by atoms with Crippen LogP contribution in [-0.4, -0.2) is 15.7 Å². The highest BCUT2D eigenvalue weighted by molar-refractivity contribution is 6.33. The van der Waals surface area contributed by atoms with Crippen molar-refractivity contribution in [3.63, 3.8) is 0 Å². The van der Waals surface area contributed by atoms with Gasteiger partial charge in [-0.1, -0.05) is 11.6 Å². The zero-order valence-electron chi connectivity index (χ0n) is 11.8. The van der Waals surface area contributed by atoms with Gasteiger partial charge in [-0.15, -0.1) is 0 Å². The lowest BCUT2D eigenvalue weighted by Crippen LogP contribution is -2.18. The highest BCUT2D eigenvalue weighted by Gasteiger charge is 2.23. The summed E-state index contributed by atoms with van der Waals surface area (Å²) in [5.41, 5.74) is 9.00. The van der Waals surface area contributed by atoms with Crippen LogP contribution in [-0.2, 0) is 13.5 Å². The van der Waals surface area contributed by atoms with Crippen LogP contribution in [0, 0.1) is 0 Å². The fraction of sp³-hybridized carbons (Fsp3) is 0.333. The second-order valence-corrected chi connectivity index (χ2v) is 5.73. The molecule has 1 aliphatic rings. The van der Waals surface area contributed by atoms with Crippen molar-refractivity contribution in [2.75, 3.05) is 5.32 Å². The van der Waals surface area contributed by atoms with Gasteiger partial charge in [0, 0.05) is 24.0 Å². The number of primary amides is 1. The molecule has 1 amide bonds. The molecule has 0 radical (unpaired) electrons. The summed E-state index contributed by atoms with van der Waals surface area (Å²) in [7, 11) is 1.97. The van der Waals surface area contributed by atoms with Crippen molar-refractivity contribution in [1.29, 1.82) is 0 Å². The van der Waals surface area contributed by atoms with Crippen molar-refractivity contribution in [3.05, 3.63) is 46.2 Å². The molecule has 3 N–H and O–H groups in total. The molecule has 5 nitrogen and oxygen atoms in total. The van der Waals surface area contributed by atoms with Crippen LogP contribution >= 0.6 is 11.6 Å². The molecule has 0 aliphatic heterocycles. The van der Waals surface area contributed by atoms with Gasteiger partial charge in [-0.05, 0) is 37.5 Å². The number of hydrogen-bond donors (Lipinski definition) is 2. The van der Waals surface area contributed by atoms with E-state index < -0.39 is 5.91 Å². The van der Waals surface area contributed by atoms with Crippen molar-refractivity contribution >= 4 is 23.2 Å². The standard InChI is InChI=1S/C15H17ClN4O/c1-20-14-4-2-3-13(11(14)8-18-20)19-9-5-6-12(16)10(7-9)15(17)21/h5-8,13,19H,2-4H2,1H3,(H2,17,21). The number of carbonyl (C=O) groups is 1. The quantitative estimate of drug-likeness (QED) is 0.915. The highest BCUT2D eigenvalue weighted by Crippen LogP contribution is 2.32. The normalized spacial score (nSPS) is 17.3. The van der Waals surface area contributed by atoms with Crippen LogP contribution in [0.1, 0.15) is 40.5 Å². The lowest BCUT2D eigenvalue weighted by molar-refractivity contribution is 0.100. The van der Waals surface area contributed by atoms with Gasteiger partial charge in [0.25, 0.3) is 0 Å². The Balaban J connectivity index is 1.88. The third-order valence-corrected chi connectivity index (χ3v) is 4.28. The van der Waals surface area contributed by atoms with Gasteiger partial charge >= 0.3 is 0 Å². The summed E-state index contributed by atoms with van der Waals surface area (Å²) in [5.74, 6) is -0.519.